The minimum atomic E-state index is 0.309. The van der Waals surface area contributed by atoms with Crippen LogP contribution in [0.25, 0.3) is 0 Å². The predicted octanol–water partition coefficient (Wildman–Crippen LogP) is 3.62. The molecule has 3 heteroatoms. The lowest BCUT2D eigenvalue weighted by molar-refractivity contribution is -0.00903. The van der Waals surface area contributed by atoms with Crippen LogP contribution in [0.2, 0.25) is 0 Å². The van der Waals surface area contributed by atoms with E-state index < -0.39 is 0 Å². The highest BCUT2D eigenvalue weighted by Crippen LogP contribution is 2.25. The number of hydrogen-bond donors (Lipinski definition) is 1. The Hall–Kier alpha value is -0.380. The van der Waals surface area contributed by atoms with Gasteiger partial charge < -0.3 is 4.84 Å². The van der Waals surface area contributed by atoms with Gasteiger partial charge in [0.1, 0.15) is 0 Å². The maximum atomic E-state index is 5.50. The summed E-state index contributed by atoms with van der Waals surface area (Å²) in [6, 6.07) is 4.55. The summed E-state index contributed by atoms with van der Waals surface area (Å²) in [7, 11) is 0. The third kappa shape index (κ3) is 4.33. The normalized spacial score (nSPS) is 13.7. The van der Waals surface area contributed by atoms with Gasteiger partial charge in [0.05, 0.1) is 12.6 Å². The second-order valence-corrected chi connectivity index (χ2v) is 5.54. The van der Waals surface area contributed by atoms with Gasteiger partial charge in [0.2, 0.25) is 0 Å². The summed E-state index contributed by atoms with van der Waals surface area (Å²) in [5.74, 6) is 1.10. The highest BCUT2D eigenvalue weighted by atomic mass is 32.1. The Balaban J connectivity index is 2.45. The molecule has 2 nitrogen and oxygen atoms in total. The Bertz CT molecular complexity index is 257. The van der Waals surface area contributed by atoms with Crippen LogP contribution in [-0.2, 0) is 4.84 Å². The molecule has 1 aromatic rings. The minimum absolute atomic E-state index is 0.309. The Morgan fingerprint density at radius 3 is 2.53 bits per heavy atom. The van der Waals surface area contributed by atoms with E-state index in [1.165, 1.54) is 4.88 Å². The zero-order valence-electron chi connectivity index (χ0n) is 9.99. The van der Waals surface area contributed by atoms with E-state index in [0.717, 1.165) is 6.61 Å². The molecule has 0 fully saturated rings. The molecule has 1 rings (SSSR count). The van der Waals surface area contributed by atoms with Gasteiger partial charge in [-0.2, -0.15) is 5.48 Å². The first kappa shape index (κ1) is 12.7. The molecule has 0 radical (unpaired) electrons. The molecule has 0 saturated carbocycles. The molecule has 0 amide bonds. The van der Waals surface area contributed by atoms with Gasteiger partial charge in [-0.3, -0.25) is 0 Å². The molecule has 1 N–H and O–H groups in total. The van der Waals surface area contributed by atoms with Gasteiger partial charge in [-0.15, -0.1) is 11.3 Å². The van der Waals surface area contributed by atoms with Gasteiger partial charge in [-0.1, -0.05) is 33.8 Å². The molecule has 0 saturated heterocycles. The average Bonchev–Trinajstić information content (AvgIpc) is 2.63. The van der Waals surface area contributed by atoms with E-state index >= 15 is 0 Å². The smallest absolute Gasteiger partial charge is 0.0705 e. The summed E-state index contributed by atoms with van der Waals surface area (Å²) >= 11 is 1.78. The summed E-state index contributed by atoms with van der Waals surface area (Å²) in [4.78, 5) is 6.84. The van der Waals surface area contributed by atoms with E-state index in [9.17, 15) is 0 Å². The van der Waals surface area contributed by atoms with E-state index in [-0.39, 0.29) is 0 Å². The van der Waals surface area contributed by atoms with Crippen LogP contribution in [0.4, 0.5) is 0 Å². The van der Waals surface area contributed by atoms with E-state index in [1.54, 1.807) is 11.3 Å². The van der Waals surface area contributed by atoms with Crippen molar-refractivity contribution < 1.29 is 4.84 Å². The van der Waals surface area contributed by atoms with Crippen molar-refractivity contribution >= 4 is 11.3 Å². The average molecular weight is 227 g/mol. The number of thiophene rings is 1. The second-order valence-electron chi connectivity index (χ2n) is 4.56. The van der Waals surface area contributed by atoms with Crippen LogP contribution < -0.4 is 5.48 Å². The van der Waals surface area contributed by atoms with Crippen LogP contribution in [-0.4, -0.2) is 6.61 Å². The van der Waals surface area contributed by atoms with Gasteiger partial charge >= 0.3 is 0 Å². The molecular weight excluding hydrogens is 206 g/mol. The number of hydrogen-bond acceptors (Lipinski definition) is 3. The van der Waals surface area contributed by atoms with E-state index in [0.29, 0.717) is 17.9 Å². The van der Waals surface area contributed by atoms with Crippen molar-refractivity contribution in [3.63, 3.8) is 0 Å². The maximum Gasteiger partial charge on any atom is 0.0705 e. The zero-order valence-corrected chi connectivity index (χ0v) is 10.8. The molecule has 0 aliphatic carbocycles. The highest BCUT2D eigenvalue weighted by Gasteiger charge is 2.16. The van der Waals surface area contributed by atoms with Crippen LogP contribution in [0.1, 0.15) is 38.6 Å². The molecule has 1 heterocycles. The topological polar surface area (TPSA) is 21.3 Å². The Labute approximate surface area is 96.6 Å². The minimum Gasteiger partial charge on any atom is -0.301 e. The second kappa shape index (κ2) is 6.26. The predicted molar refractivity (Wildman–Crippen MR) is 65.8 cm³/mol. The number of nitrogens with one attached hydrogen (secondary N) is 1. The first-order valence-electron chi connectivity index (χ1n) is 5.52. The van der Waals surface area contributed by atoms with Crippen LogP contribution >= 0.6 is 11.3 Å². The van der Waals surface area contributed by atoms with Crippen molar-refractivity contribution in [3.8, 4) is 0 Å². The van der Waals surface area contributed by atoms with Crippen LogP contribution in [0.15, 0.2) is 17.5 Å². The fourth-order valence-corrected chi connectivity index (χ4v) is 2.23. The fraction of sp³-hybridized carbons (Fsp3) is 0.667. The third-order valence-corrected chi connectivity index (χ3v) is 3.10. The quantitative estimate of drug-likeness (QED) is 0.749. The Morgan fingerprint density at radius 1 is 1.33 bits per heavy atom. The van der Waals surface area contributed by atoms with Gasteiger partial charge in [0.25, 0.3) is 0 Å². The SMILES string of the molecule is CC(C)CONC(c1cccs1)C(C)C. The summed E-state index contributed by atoms with van der Waals surface area (Å²) in [6.45, 7) is 9.47. The first-order valence-corrected chi connectivity index (χ1v) is 6.40. The molecule has 0 aliphatic heterocycles. The number of rotatable bonds is 6. The summed E-state index contributed by atoms with van der Waals surface area (Å²) in [6.07, 6.45) is 0. The van der Waals surface area contributed by atoms with Crippen molar-refractivity contribution in [2.45, 2.75) is 33.7 Å². The van der Waals surface area contributed by atoms with E-state index in [4.69, 9.17) is 4.84 Å². The van der Waals surface area contributed by atoms with E-state index in [1.807, 2.05) is 0 Å². The lowest BCUT2D eigenvalue weighted by atomic mass is 10.0. The third-order valence-electron chi connectivity index (χ3n) is 2.14. The largest absolute Gasteiger partial charge is 0.301 e. The lowest BCUT2D eigenvalue weighted by Crippen LogP contribution is -2.26. The summed E-state index contributed by atoms with van der Waals surface area (Å²) < 4.78 is 0. The van der Waals surface area contributed by atoms with E-state index in [2.05, 4.69) is 50.7 Å². The summed E-state index contributed by atoms with van der Waals surface area (Å²) in [5.41, 5.74) is 3.16. The highest BCUT2D eigenvalue weighted by molar-refractivity contribution is 7.10. The molecular formula is C12H21NOS. The molecule has 1 unspecified atom stereocenters. The van der Waals surface area contributed by atoms with Crippen molar-refractivity contribution in [3.05, 3.63) is 22.4 Å². The monoisotopic (exact) mass is 227 g/mol. The lowest BCUT2D eigenvalue weighted by Gasteiger charge is -2.21. The molecule has 0 spiro atoms. The van der Waals surface area contributed by atoms with Gasteiger partial charge in [-0.25, -0.2) is 0 Å². The van der Waals surface area contributed by atoms with Gasteiger partial charge in [-0.05, 0) is 23.3 Å². The Morgan fingerprint density at radius 2 is 2.07 bits per heavy atom. The molecule has 86 valence electrons. The molecule has 0 bridgehead atoms. The van der Waals surface area contributed by atoms with Crippen LogP contribution in [0, 0.1) is 11.8 Å². The fourth-order valence-electron chi connectivity index (χ4n) is 1.30. The molecule has 0 aromatic carbocycles. The van der Waals surface area contributed by atoms with Crippen molar-refractivity contribution in [2.75, 3.05) is 6.61 Å². The van der Waals surface area contributed by atoms with Gasteiger partial charge in [0, 0.05) is 4.88 Å². The van der Waals surface area contributed by atoms with Crippen LogP contribution in [0.5, 0.6) is 0 Å². The molecule has 1 atom stereocenters. The molecule has 15 heavy (non-hydrogen) atoms. The van der Waals surface area contributed by atoms with Crippen LogP contribution in [0.3, 0.4) is 0 Å². The number of hydroxylamine groups is 1. The van der Waals surface area contributed by atoms with Crippen molar-refractivity contribution in [1.29, 1.82) is 0 Å². The van der Waals surface area contributed by atoms with Crippen molar-refractivity contribution in [2.24, 2.45) is 11.8 Å². The standard InChI is InChI=1S/C12H21NOS/c1-9(2)8-14-13-12(10(3)4)11-6-5-7-15-11/h5-7,9-10,12-13H,8H2,1-4H3. The Kier molecular flexibility index (Phi) is 5.29. The van der Waals surface area contributed by atoms with Gasteiger partial charge in [0.15, 0.2) is 0 Å². The van der Waals surface area contributed by atoms with Crippen molar-refractivity contribution in [1.82, 2.24) is 5.48 Å². The summed E-state index contributed by atoms with van der Waals surface area (Å²) in [5, 5.41) is 2.11. The first-order chi connectivity index (χ1) is 7.11. The zero-order chi connectivity index (χ0) is 11.3. The molecule has 1 aromatic heterocycles. The molecule has 0 aliphatic rings. The maximum absolute atomic E-state index is 5.50.